The molecule has 114 valence electrons. The van der Waals surface area contributed by atoms with Gasteiger partial charge in [-0.2, -0.15) is 0 Å². The van der Waals surface area contributed by atoms with E-state index in [1.807, 2.05) is 6.07 Å². The fraction of sp³-hybridized carbons (Fsp3) is 0.263. The summed E-state index contributed by atoms with van der Waals surface area (Å²) in [5.41, 5.74) is 3.62. The lowest BCUT2D eigenvalue weighted by atomic mass is 10.0. The van der Waals surface area contributed by atoms with Gasteiger partial charge in [-0.15, -0.1) is 0 Å². The largest absolute Gasteiger partial charge is 0.493 e. The van der Waals surface area contributed by atoms with Crippen LogP contribution in [0.15, 0.2) is 48.7 Å². The van der Waals surface area contributed by atoms with Crippen molar-refractivity contribution < 1.29 is 9.47 Å². The molecule has 0 saturated carbocycles. The molecule has 0 amide bonds. The molecule has 0 fully saturated rings. The molecule has 3 rings (SSSR count). The van der Waals surface area contributed by atoms with Crippen LogP contribution in [-0.2, 0) is 6.54 Å². The van der Waals surface area contributed by atoms with E-state index in [1.54, 1.807) is 14.2 Å². The minimum atomic E-state index is 0.765. The van der Waals surface area contributed by atoms with Gasteiger partial charge in [0.25, 0.3) is 0 Å². The van der Waals surface area contributed by atoms with E-state index in [1.165, 1.54) is 22.0 Å². The summed E-state index contributed by atoms with van der Waals surface area (Å²) in [5, 5.41) is 1.19. The van der Waals surface area contributed by atoms with Crippen molar-refractivity contribution in [3.05, 3.63) is 48.7 Å². The van der Waals surface area contributed by atoms with Crippen molar-refractivity contribution in [1.82, 2.24) is 4.57 Å². The zero-order valence-electron chi connectivity index (χ0n) is 13.3. The molecule has 1 aromatic heterocycles. The molecule has 22 heavy (non-hydrogen) atoms. The third-order valence-electron chi connectivity index (χ3n) is 3.94. The number of nitrogens with zero attached hydrogens (tertiary/aromatic N) is 1. The SMILES string of the molecule is CCCn1cc(-c2ccccc2)c2cc(OC)c(OC)cc21. The van der Waals surface area contributed by atoms with Gasteiger partial charge in [-0.1, -0.05) is 37.3 Å². The van der Waals surface area contributed by atoms with Crippen molar-refractivity contribution in [3.8, 4) is 22.6 Å². The van der Waals surface area contributed by atoms with Gasteiger partial charge in [0.05, 0.1) is 19.7 Å². The highest BCUT2D eigenvalue weighted by Gasteiger charge is 2.14. The zero-order chi connectivity index (χ0) is 15.5. The summed E-state index contributed by atoms with van der Waals surface area (Å²) in [4.78, 5) is 0. The van der Waals surface area contributed by atoms with E-state index in [-0.39, 0.29) is 0 Å². The number of hydrogen-bond donors (Lipinski definition) is 0. The molecule has 0 aliphatic carbocycles. The number of hydrogen-bond acceptors (Lipinski definition) is 2. The molecule has 0 aliphatic heterocycles. The summed E-state index contributed by atoms with van der Waals surface area (Å²) in [6.07, 6.45) is 3.31. The highest BCUT2D eigenvalue weighted by molar-refractivity contribution is 5.98. The van der Waals surface area contributed by atoms with Gasteiger partial charge in [0.15, 0.2) is 11.5 Å². The first-order valence-corrected chi connectivity index (χ1v) is 7.58. The van der Waals surface area contributed by atoms with Crippen LogP contribution in [-0.4, -0.2) is 18.8 Å². The topological polar surface area (TPSA) is 23.4 Å². The maximum atomic E-state index is 5.47. The Morgan fingerprint density at radius 3 is 2.27 bits per heavy atom. The van der Waals surface area contributed by atoms with Crippen LogP contribution in [0, 0.1) is 0 Å². The molecule has 1 heterocycles. The predicted octanol–water partition coefficient (Wildman–Crippen LogP) is 4.74. The Bertz CT molecular complexity index is 775. The highest BCUT2D eigenvalue weighted by atomic mass is 16.5. The van der Waals surface area contributed by atoms with Gasteiger partial charge in [0.2, 0.25) is 0 Å². The second-order valence-corrected chi connectivity index (χ2v) is 5.33. The van der Waals surface area contributed by atoms with Gasteiger partial charge >= 0.3 is 0 Å². The molecule has 3 heteroatoms. The van der Waals surface area contributed by atoms with E-state index in [0.29, 0.717) is 0 Å². The number of methoxy groups -OCH3 is 2. The van der Waals surface area contributed by atoms with Crippen LogP contribution in [0.3, 0.4) is 0 Å². The first kappa shape index (κ1) is 14.5. The van der Waals surface area contributed by atoms with Gasteiger partial charge in [0.1, 0.15) is 0 Å². The van der Waals surface area contributed by atoms with Crippen molar-refractivity contribution in [2.24, 2.45) is 0 Å². The minimum absolute atomic E-state index is 0.765. The Morgan fingerprint density at radius 2 is 1.64 bits per heavy atom. The molecule has 0 N–H and O–H groups in total. The summed E-state index contributed by atoms with van der Waals surface area (Å²) in [7, 11) is 3.35. The van der Waals surface area contributed by atoms with Gasteiger partial charge < -0.3 is 14.0 Å². The fourth-order valence-electron chi connectivity index (χ4n) is 2.89. The zero-order valence-corrected chi connectivity index (χ0v) is 13.3. The molecular formula is C19H21NO2. The van der Waals surface area contributed by atoms with Gasteiger partial charge in [-0.05, 0) is 18.1 Å². The molecule has 0 bridgehead atoms. The standard InChI is InChI=1S/C19H21NO2/c1-4-10-20-13-16(14-8-6-5-7-9-14)15-11-18(21-2)19(22-3)12-17(15)20/h5-9,11-13H,4,10H2,1-3H3. The summed E-state index contributed by atoms with van der Waals surface area (Å²) >= 11 is 0. The van der Waals surface area contributed by atoms with E-state index < -0.39 is 0 Å². The summed E-state index contributed by atoms with van der Waals surface area (Å²) in [6, 6.07) is 14.6. The van der Waals surface area contributed by atoms with E-state index in [2.05, 4.69) is 54.1 Å². The van der Waals surface area contributed by atoms with Crippen molar-refractivity contribution in [2.45, 2.75) is 19.9 Å². The van der Waals surface area contributed by atoms with Crippen LogP contribution in [0.5, 0.6) is 11.5 Å². The second kappa shape index (κ2) is 6.14. The van der Waals surface area contributed by atoms with Crippen molar-refractivity contribution in [1.29, 1.82) is 0 Å². The highest BCUT2D eigenvalue weighted by Crippen LogP contribution is 2.38. The van der Waals surface area contributed by atoms with Crippen molar-refractivity contribution in [2.75, 3.05) is 14.2 Å². The first-order valence-electron chi connectivity index (χ1n) is 7.58. The third kappa shape index (κ3) is 2.43. The van der Waals surface area contributed by atoms with Gasteiger partial charge in [-0.3, -0.25) is 0 Å². The van der Waals surface area contributed by atoms with Crippen LogP contribution in [0.1, 0.15) is 13.3 Å². The molecule has 0 aliphatic rings. The molecular weight excluding hydrogens is 274 g/mol. The minimum Gasteiger partial charge on any atom is -0.493 e. The molecule has 0 atom stereocenters. The van der Waals surface area contributed by atoms with Crippen LogP contribution < -0.4 is 9.47 Å². The Balaban J connectivity index is 2.28. The number of fused-ring (bicyclic) bond motifs is 1. The van der Waals surface area contributed by atoms with Crippen molar-refractivity contribution >= 4 is 10.9 Å². The summed E-state index contributed by atoms with van der Waals surface area (Å²) < 4.78 is 13.2. The van der Waals surface area contributed by atoms with Crippen LogP contribution >= 0.6 is 0 Å². The molecule has 0 unspecified atom stereocenters. The van der Waals surface area contributed by atoms with Gasteiger partial charge in [-0.25, -0.2) is 0 Å². The lowest BCUT2D eigenvalue weighted by Gasteiger charge is -2.09. The van der Waals surface area contributed by atoms with Crippen molar-refractivity contribution in [3.63, 3.8) is 0 Å². The first-order chi connectivity index (χ1) is 10.8. The second-order valence-electron chi connectivity index (χ2n) is 5.33. The van der Waals surface area contributed by atoms with Crippen LogP contribution in [0.25, 0.3) is 22.0 Å². The molecule has 0 saturated heterocycles. The number of ether oxygens (including phenoxy) is 2. The fourth-order valence-corrected chi connectivity index (χ4v) is 2.89. The Labute approximate surface area is 131 Å². The number of aromatic nitrogens is 1. The van der Waals surface area contributed by atoms with E-state index in [4.69, 9.17) is 9.47 Å². The average molecular weight is 295 g/mol. The van der Waals surface area contributed by atoms with Crippen LogP contribution in [0.4, 0.5) is 0 Å². The molecule has 3 nitrogen and oxygen atoms in total. The average Bonchev–Trinajstić information content (AvgIpc) is 2.92. The lowest BCUT2D eigenvalue weighted by molar-refractivity contribution is 0.355. The quantitative estimate of drug-likeness (QED) is 0.679. The predicted molar refractivity (Wildman–Crippen MR) is 90.8 cm³/mol. The number of aryl methyl sites for hydroxylation is 1. The van der Waals surface area contributed by atoms with E-state index in [9.17, 15) is 0 Å². The molecule has 0 spiro atoms. The Morgan fingerprint density at radius 1 is 0.955 bits per heavy atom. The number of rotatable bonds is 5. The lowest BCUT2D eigenvalue weighted by Crippen LogP contribution is -1.95. The van der Waals surface area contributed by atoms with Gasteiger partial charge in [0, 0.05) is 29.8 Å². The molecule has 3 aromatic rings. The molecule has 0 radical (unpaired) electrons. The third-order valence-corrected chi connectivity index (χ3v) is 3.94. The Kier molecular flexibility index (Phi) is 4.05. The van der Waals surface area contributed by atoms with Crippen LogP contribution in [0.2, 0.25) is 0 Å². The Hall–Kier alpha value is -2.42. The molecule has 2 aromatic carbocycles. The monoisotopic (exact) mass is 295 g/mol. The summed E-state index contributed by atoms with van der Waals surface area (Å²) in [5.74, 6) is 1.53. The smallest absolute Gasteiger partial charge is 0.162 e. The van der Waals surface area contributed by atoms with E-state index in [0.717, 1.165) is 24.5 Å². The normalized spacial score (nSPS) is 10.9. The maximum absolute atomic E-state index is 5.47. The summed E-state index contributed by atoms with van der Waals surface area (Å²) in [6.45, 7) is 3.17. The van der Waals surface area contributed by atoms with E-state index >= 15 is 0 Å². The number of benzene rings is 2. The maximum Gasteiger partial charge on any atom is 0.162 e.